The van der Waals surface area contributed by atoms with Gasteiger partial charge in [-0.05, 0) is 25.1 Å². The molecule has 0 bridgehead atoms. The standard InChI is InChI=1S/C11H23N2OPS/c1-9(2)15(14,10(3)4)12-11(16)13-7-5-6-8-13/h9-10H,5-8H2,1-4H3,(H,12,14,16). The van der Waals surface area contributed by atoms with Crippen LogP contribution in [0.5, 0.6) is 0 Å². The molecule has 3 nitrogen and oxygen atoms in total. The van der Waals surface area contributed by atoms with Crippen LogP contribution in [-0.2, 0) is 4.57 Å². The molecule has 0 radical (unpaired) electrons. The summed E-state index contributed by atoms with van der Waals surface area (Å²) >= 11 is 5.34. The van der Waals surface area contributed by atoms with E-state index in [0.717, 1.165) is 13.1 Å². The van der Waals surface area contributed by atoms with Crippen LogP contribution in [0.4, 0.5) is 0 Å². The van der Waals surface area contributed by atoms with Crippen LogP contribution in [0.25, 0.3) is 0 Å². The Morgan fingerprint density at radius 3 is 2.00 bits per heavy atom. The third-order valence-electron chi connectivity index (χ3n) is 3.20. The Hall–Kier alpha value is -0.0800. The summed E-state index contributed by atoms with van der Waals surface area (Å²) in [6, 6.07) is 0. The highest BCUT2D eigenvalue weighted by Gasteiger charge is 2.32. The molecule has 0 amide bonds. The molecule has 1 rings (SSSR count). The molecule has 1 heterocycles. The van der Waals surface area contributed by atoms with Crippen molar-refractivity contribution < 1.29 is 4.57 Å². The van der Waals surface area contributed by atoms with E-state index >= 15 is 0 Å². The molecule has 0 aromatic heterocycles. The van der Waals surface area contributed by atoms with Crippen molar-refractivity contribution in [2.24, 2.45) is 0 Å². The van der Waals surface area contributed by atoms with Gasteiger partial charge in [-0.3, -0.25) is 4.57 Å². The van der Waals surface area contributed by atoms with E-state index in [1.165, 1.54) is 12.8 Å². The lowest BCUT2D eigenvalue weighted by Gasteiger charge is -2.31. The van der Waals surface area contributed by atoms with Gasteiger partial charge in [0.2, 0.25) is 0 Å². The minimum atomic E-state index is -2.40. The van der Waals surface area contributed by atoms with Gasteiger partial charge in [0, 0.05) is 24.4 Å². The number of nitrogens with zero attached hydrogens (tertiary/aromatic N) is 1. The fourth-order valence-electron chi connectivity index (χ4n) is 1.99. The number of nitrogens with one attached hydrogen (secondary N) is 1. The highest BCUT2D eigenvalue weighted by Crippen LogP contribution is 2.51. The van der Waals surface area contributed by atoms with Gasteiger partial charge < -0.3 is 9.99 Å². The van der Waals surface area contributed by atoms with Crippen molar-refractivity contribution in [3.63, 3.8) is 0 Å². The van der Waals surface area contributed by atoms with Crippen LogP contribution in [0.1, 0.15) is 40.5 Å². The van der Waals surface area contributed by atoms with Crippen molar-refractivity contribution in [3.8, 4) is 0 Å². The summed E-state index contributed by atoms with van der Waals surface area (Å²) in [5.41, 5.74) is 0.265. The third-order valence-corrected chi connectivity index (χ3v) is 7.34. The van der Waals surface area contributed by atoms with Crippen molar-refractivity contribution >= 4 is 24.6 Å². The van der Waals surface area contributed by atoms with Crippen LogP contribution >= 0.6 is 19.5 Å². The average molecular weight is 262 g/mol. The van der Waals surface area contributed by atoms with E-state index in [1.807, 2.05) is 27.7 Å². The molecule has 0 saturated carbocycles. The van der Waals surface area contributed by atoms with Gasteiger partial charge in [-0.25, -0.2) is 0 Å². The van der Waals surface area contributed by atoms with Crippen molar-refractivity contribution in [1.82, 2.24) is 9.99 Å². The summed E-state index contributed by atoms with van der Waals surface area (Å²) in [5.74, 6) is 0. The molecule has 94 valence electrons. The Kier molecular flexibility index (Phi) is 4.81. The lowest BCUT2D eigenvalue weighted by atomic mass is 10.4. The topological polar surface area (TPSA) is 32.3 Å². The third kappa shape index (κ3) is 2.98. The van der Waals surface area contributed by atoms with Crippen LogP contribution < -0.4 is 5.09 Å². The highest BCUT2D eigenvalue weighted by atomic mass is 32.1. The first kappa shape index (κ1) is 14.0. The highest BCUT2D eigenvalue weighted by molar-refractivity contribution is 7.81. The number of hydrogen-bond acceptors (Lipinski definition) is 2. The van der Waals surface area contributed by atoms with Crippen LogP contribution in [0.15, 0.2) is 0 Å². The molecular formula is C11H23N2OPS. The van der Waals surface area contributed by atoms with Gasteiger partial charge >= 0.3 is 0 Å². The van der Waals surface area contributed by atoms with E-state index in [4.69, 9.17) is 12.2 Å². The lowest BCUT2D eigenvalue weighted by molar-refractivity contribution is 0.511. The Morgan fingerprint density at radius 2 is 1.62 bits per heavy atom. The largest absolute Gasteiger partial charge is 0.349 e. The predicted molar refractivity (Wildman–Crippen MR) is 74.4 cm³/mol. The summed E-state index contributed by atoms with van der Waals surface area (Å²) in [6.45, 7) is 10.0. The van der Waals surface area contributed by atoms with Gasteiger partial charge in [0.25, 0.3) is 0 Å². The quantitative estimate of drug-likeness (QED) is 0.626. The lowest BCUT2D eigenvalue weighted by Crippen LogP contribution is -2.38. The maximum Gasteiger partial charge on any atom is 0.176 e. The van der Waals surface area contributed by atoms with Gasteiger partial charge in [0.15, 0.2) is 12.4 Å². The first-order valence-corrected chi connectivity index (χ1v) is 8.30. The molecule has 5 heteroatoms. The van der Waals surface area contributed by atoms with Gasteiger partial charge in [-0.15, -0.1) is 0 Å². The molecule has 1 fully saturated rings. The normalized spacial score (nSPS) is 17.2. The molecule has 1 aliphatic rings. The van der Waals surface area contributed by atoms with Crippen molar-refractivity contribution in [2.45, 2.75) is 51.9 Å². The first-order chi connectivity index (χ1) is 7.38. The molecular weight excluding hydrogens is 239 g/mol. The van der Waals surface area contributed by atoms with Gasteiger partial charge in [-0.1, -0.05) is 27.7 Å². The SMILES string of the molecule is CC(C)P(=O)(NC(=S)N1CCCC1)C(C)C. The van der Waals surface area contributed by atoms with E-state index in [-0.39, 0.29) is 11.3 Å². The number of hydrogen-bond donors (Lipinski definition) is 1. The molecule has 1 aliphatic heterocycles. The van der Waals surface area contributed by atoms with E-state index < -0.39 is 7.29 Å². The van der Waals surface area contributed by atoms with Gasteiger partial charge in [-0.2, -0.15) is 0 Å². The Bertz CT molecular complexity index is 286. The summed E-state index contributed by atoms with van der Waals surface area (Å²) in [4.78, 5) is 2.13. The molecule has 1 N–H and O–H groups in total. The molecule has 0 unspecified atom stereocenters. The van der Waals surface area contributed by atoms with E-state index in [1.54, 1.807) is 0 Å². The maximum absolute atomic E-state index is 12.8. The van der Waals surface area contributed by atoms with Crippen LogP contribution in [0, 0.1) is 0 Å². The smallest absolute Gasteiger partial charge is 0.176 e. The van der Waals surface area contributed by atoms with Crippen molar-refractivity contribution in [3.05, 3.63) is 0 Å². The second-order valence-corrected chi connectivity index (χ2v) is 9.10. The molecule has 0 spiro atoms. The van der Waals surface area contributed by atoms with Crippen molar-refractivity contribution in [2.75, 3.05) is 13.1 Å². The first-order valence-electron chi connectivity index (χ1n) is 6.04. The summed E-state index contributed by atoms with van der Waals surface area (Å²) < 4.78 is 12.8. The predicted octanol–water partition coefficient (Wildman–Crippen LogP) is 3.05. The molecule has 0 atom stereocenters. The fourth-order valence-corrected chi connectivity index (χ4v) is 4.75. The van der Waals surface area contributed by atoms with Crippen LogP contribution in [-0.4, -0.2) is 34.4 Å². The molecule has 1 saturated heterocycles. The fraction of sp³-hybridized carbons (Fsp3) is 0.909. The minimum Gasteiger partial charge on any atom is -0.349 e. The Morgan fingerprint density at radius 1 is 1.19 bits per heavy atom. The number of thiocarbonyl (C=S) groups is 1. The van der Waals surface area contributed by atoms with Crippen molar-refractivity contribution in [1.29, 1.82) is 0 Å². The second kappa shape index (κ2) is 5.50. The van der Waals surface area contributed by atoms with Gasteiger partial charge in [0.1, 0.15) is 0 Å². The molecule has 0 aromatic carbocycles. The summed E-state index contributed by atoms with van der Waals surface area (Å²) in [6.07, 6.45) is 2.38. The molecule has 0 aliphatic carbocycles. The van der Waals surface area contributed by atoms with Gasteiger partial charge in [0.05, 0.1) is 0 Å². The zero-order valence-electron chi connectivity index (χ0n) is 10.7. The second-order valence-electron chi connectivity index (χ2n) is 5.01. The average Bonchev–Trinajstić information content (AvgIpc) is 2.69. The van der Waals surface area contributed by atoms with E-state index in [0.29, 0.717) is 5.11 Å². The summed E-state index contributed by atoms with van der Waals surface area (Å²) in [5, 5.41) is 3.83. The zero-order chi connectivity index (χ0) is 12.3. The van der Waals surface area contributed by atoms with Crippen LogP contribution in [0.2, 0.25) is 0 Å². The molecule has 16 heavy (non-hydrogen) atoms. The zero-order valence-corrected chi connectivity index (χ0v) is 12.4. The van der Waals surface area contributed by atoms with E-state index in [9.17, 15) is 4.57 Å². The van der Waals surface area contributed by atoms with E-state index in [2.05, 4.69) is 9.99 Å². The Balaban J connectivity index is 2.69. The maximum atomic E-state index is 12.8. The number of likely N-dealkylation sites (tertiary alicyclic amines) is 1. The number of rotatable bonds is 3. The Labute approximate surface area is 104 Å². The monoisotopic (exact) mass is 262 g/mol. The summed E-state index contributed by atoms with van der Waals surface area (Å²) in [7, 11) is -2.40. The minimum absolute atomic E-state index is 0.132. The molecule has 0 aromatic rings. The van der Waals surface area contributed by atoms with Crippen LogP contribution in [0.3, 0.4) is 0 Å².